The number of amidine groups is 1. The van der Waals surface area contributed by atoms with E-state index in [2.05, 4.69) is 168 Å². The van der Waals surface area contributed by atoms with E-state index in [9.17, 15) is 5.41 Å². The summed E-state index contributed by atoms with van der Waals surface area (Å²) in [5, 5.41) is 24.2. The van der Waals surface area contributed by atoms with Crippen LogP contribution >= 0.6 is 22.7 Å². The van der Waals surface area contributed by atoms with Crippen LogP contribution in [0.15, 0.2) is 169 Å². The molecule has 0 unspecified atom stereocenters. The summed E-state index contributed by atoms with van der Waals surface area (Å²) in [5.41, 5.74) is 5.16. The largest absolute Gasteiger partial charge is 0.309 e. The molecule has 12 rings (SSSR count). The zero-order chi connectivity index (χ0) is 36.2. The molecule has 5 heteroatoms. The Kier molecular flexibility index (Phi) is 6.53. The quantitative estimate of drug-likeness (QED) is 0.139. The van der Waals surface area contributed by atoms with Gasteiger partial charge >= 0.3 is 0 Å². The van der Waals surface area contributed by atoms with E-state index in [1.54, 1.807) is 22.7 Å². The molecule has 12 aromatic rings. The third-order valence-corrected chi connectivity index (χ3v) is 13.8. The van der Waals surface area contributed by atoms with Crippen molar-refractivity contribution < 1.29 is 0 Å². The molecule has 9 aromatic carbocycles. The van der Waals surface area contributed by atoms with E-state index in [0.29, 0.717) is 0 Å². The highest BCUT2D eigenvalue weighted by Gasteiger charge is 2.20. The molecular weight excluding hydrogens is 707 g/mol. The van der Waals surface area contributed by atoms with Gasteiger partial charge in [-0.2, -0.15) is 0 Å². The smallest absolute Gasteiger partial charge is 0.153 e. The SMILES string of the molecule is N=C(N=Cc1cccc2c1sc1ccccc12)c1cc(-n2c3cc4ccccc4cc3c3cc4ccccc4cc32)cc2c1sc1c3ccccc3ccc21. The molecular formula is C50H29N3S2. The summed E-state index contributed by atoms with van der Waals surface area (Å²) >= 11 is 3.55. The highest BCUT2D eigenvalue weighted by atomic mass is 32.1. The molecule has 0 radical (unpaired) electrons. The van der Waals surface area contributed by atoms with Crippen molar-refractivity contribution in [2.45, 2.75) is 0 Å². The molecule has 0 amide bonds. The second-order valence-electron chi connectivity index (χ2n) is 14.3. The van der Waals surface area contributed by atoms with Gasteiger partial charge in [-0.1, -0.05) is 121 Å². The first kappa shape index (κ1) is 30.8. The van der Waals surface area contributed by atoms with Gasteiger partial charge in [-0.15, -0.1) is 22.7 Å². The van der Waals surface area contributed by atoms with Crippen LogP contribution in [0.4, 0.5) is 0 Å². The van der Waals surface area contributed by atoms with E-state index in [0.717, 1.165) is 37.9 Å². The maximum atomic E-state index is 9.68. The Morgan fingerprint density at radius 1 is 0.455 bits per heavy atom. The molecule has 1 N–H and O–H groups in total. The summed E-state index contributed by atoms with van der Waals surface area (Å²) < 4.78 is 7.17. The third-order valence-electron chi connectivity index (χ3n) is 11.2. The molecule has 0 saturated heterocycles. The Balaban J connectivity index is 1.14. The lowest BCUT2D eigenvalue weighted by atomic mass is 10.0. The van der Waals surface area contributed by atoms with Crippen molar-refractivity contribution in [1.82, 2.24) is 4.57 Å². The normalized spacial score (nSPS) is 12.4. The van der Waals surface area contributed by atoms with E-state index in [4.69, 9.17) is 4.99 Å². The number of nitrogens with one attached hydrogen (secondary N) is 1. The van der Waals surface area contributed by atoms with Crippen molar-refractivity contribution >= 4 is 129 Å². The predicted octanol–water partition coefficient (Wildman–Crippen LogP) is 14.4. The first-order chi connectivity index (χ1) is 27.2. The highest BCUT2D eigenvalue weighted by molar-refractivity contribution is 7.27. The molecule has 3 aromatic heterocycles. The Morgan fingerprint density at radius 2 is 1.05 bits per heavy atom. The van der Waals surface area contributed by atoms with Crippen molar-refractivity contribution in [3.63, 3.8) is 0 Å². The highest BCUT2D eigenvalue weighted by Crippen LogP contribution is 2.44. The molecule has 0 aliphatic heterocycles. The molecule has 3 nitrogen and oxygen atoms in total. The number of aromatic nitrogens is 1. The van der Waals surface area contributed by atoms with Gasteiger partial charge in [0.25, 0.3) is 0 Å². The van der Waals surface area contributed by atoms with Gasteiger partial charge in [-0.3, -0.25) is 5.41 Å². The minimum atomic E-state index is 0.248. The number of benzene rings is 9. The topological polar surface area (TPSA) is 41.1 Å². The van der Waals surface area contributed by atoms with Crippen molar-refractivity contribution in [1.29, 1.82) is 5.41 Å². The van der Waals surface area contributed by atoms with Crippen LogP contribution in [0.2, 0.25) is 0 Å². The van der Waals surface area contributed by atoms with Crippen LogP contribution in [0.3, 0.4) is 0 Å². The minimum Gasteiger partial charge on any atom is -0.309 e. The molecule has 0 saturated carbocycles. The number of nitrogens with zero attached hydrogens (tertiary/aromatic N) is 2. The summed E-state index contributed by atoms with van der Waals surface area (Å²) in [5.74, 6) is 0.248. The van der Waals surface area contributed by atoms with Gasteiger partial charge in [-0.05, 0) is 74.8 Å². The fourth-order valence-electron chi connectivity index (χ4n) is 8.64. The van der Waals surface area contributed by atoms with Gasteiger partial charge in [0, 0.05) is 74.1 Å². The summed E-state index contributed by atoms with van der Waals surface area (Å²) in [6, 6.07) is 59.1. The maximum Gasteiger partial charge on any atom is 0.153 e. The summed E-state index contributed by atoms with van der Waals surface area (Å²) in [6.45, 7) is 0. The van der Waals surface area contributed by atoms with E-state index < -0.39 is 0 Å². The lowest BCUT2D eigenvalue weighted by Gasteiger charge is -2.12. The predicted molar refractivity (Wildman–Crippen MR) is 240 cm³/mol. The lowest BCUT2D eigenvalue weighted by molar-refractivity contribution is 1.19. The molecule has 3 heterocycles. The van der Waals surface area contributed by atoms with Crippen molar-refractivity contribution in [2.24, 2.45) is 4.99 Å². The molecule has 0 spiro atoms. The average Bonchev–Trinajstić information content (AvgIpc) is 3.90. The molecule has 55 heavy (non-hydrogen) atoms. The average molecular weight is 736 g/mol. The molecule has 0 atom stereocenters. The number of aliphatic imine (C=N–C) groups is 1. The van der Waals surface area contributed by atoms with E-state index in [1.165, 1.54) is 73.3 Å². The Bertz CT molecular complexity index is 3540. The van der Waals surface area contributed by atoms with Gasteiger partial charge in [0.05, 0.1) is 11.0 Å². The maximum absolute atomic E-state index is 9.68. The first-order valence-corrected chi connectivity index (χ1v) is 20.1. The lowest BCUT2D eigenvalue weighted by Crippen LogP contribution is -2.01. The monoisotopic (exact) mass is 735 g/mol. The van der Waals surface area contributed by atoms with Crippen LogP contribution in [0.1, 0.15) is 11.1 Å². The van der Waals surface area contributed by atoms with Crippen LogP contribution in [0.5, 0.6) is 0 Å². The van der Waals surface area contributed by atoms with Gasteiger partial charge in [-0.25, -0.2) is 4.99 Å². The van der Waals surface area contributed by atoms with Crippen molar-refractivity contribution in [2.75, 3.05) is 0 Å². The van der Waals surface area contributed by atoms with Crippen LogP contribution in [-0.2, 0) is 0 Å². The minimum absolute atomic E-state index is 0.248. The fourth-order valence-corrected chi connectivity index (χ4v) is 11.1. The van der Waals surface area contributed by atoms with Gasteiger partial charge < -0.3 is 4.57 Å². The van der Waals surface area contributed by atoms with Crippen LogP contribution in [0.25, 0.3) is 100 Å². The van der Waals surface area contributed by atoms with Crippen LogP contribution < -0.4 is 0 Å². The summed E-state index contributed by atoms with van der Waals surface area (Å²) in [7, 11) is 0. The number of rotatable bonds is 3. The van der Waals surface area contributed by atoms with E-state index in [1.807, 2.05) is 6.21 Å². The van der Waals surface area contributed by atoms with Gasteiger partial charge in [0.2, 0.25) is 0 Å². The van der Waals surface area contributed by atoms with Crippen molar-refractivity contribution in [3.05, 3.63) is 175 Å². The van der Waals surface area contributed by atoms with Crippen molar-refractivity contribution in [3.8, 4) is 5.69 Å². The number of hydrogen-bond donors (Lipinski definition) is 1. The molecule has 0 aliphatic carbocycles. The Labute approximate surface area is 323 Å². The zero-order valence-electron chi connectivity index (χ0n) is 29.4. The van der Waals surface area contributed by atoms with E-state index >= 15 is 0 Å². The summed E-state index contributed by atoms with van der Waals surface area (Å²) in [4.78, 5) is 4.96. The molecule has 0 aliphatic rings. The van der Waals surface area contributed by atoms with Crippen LogP contribution in [-0.4, -0.2) is 16.6 Å². The number of thiophene rings is 2. The zero-order valence-corrected chi connectivity index (χ0v) is 31.0. The summed E-state index contributed by atoms with van der Waals surface area (Å²) in [6.07, 6.45) is 1.89. The second-order valence-corrected chi connectivity index (χ2v) is 16.4. The van der Waals surface area contributed by atoms with Gasteiger partial charge in [0.15, 0.2) is 5.84 Å². The molecule has 256 valence electrons. The van der Waals surface area contributed by atoms with Crippen LogP contribution in [0, 0.1) is 5.41 Å². The number of fused-ring (bicyclic) bond motifs is 13. The second kappa shape index (κ2) is 11.7. The third kappa shape index (κ3) is 4.61. The Morgan fingerprint density at radius 3 is 1.78 bits per heavy atom. The number of hydrogen-bond acceptors (Lipinski definition) is 3. The van der Waals surface area contributed by atoms with Gasteiger partial charge in [0.1, 0.15) is 0 Å². The molecule has 0 fully saturated rings. The first-order valence-electron chi connectivity index (χ1n) is 18.4. The van der Waals surface area contributed by atoms with E-state index in [-0.39, 0.29) is 5.84 Å². The standard InChI is InChI=1S/C50H29N3S2/c51-50(52-28-34-15-9-18-38-37-17-7-8-19-46(37)54-47(34)38)43-27-35(26-42-39-21-20-29-10-5-6-16-36(29)48(39)55-49(42)43)53-44-24-32-13-3-1-11-30(32)22-40(44)41-23-31-12-2-4-14-33(31)25-45(41)53/h1-28,51H. The Hall–Kier alpha value is -6.66. The fraction of sp³-hybridized carbons (Fsp3) is 0. The molecule has 0 bridgehead atoms.